The number of rotatable bonds is 15. The molecule has 1 unspecified atom stereocenters. The highest BCUT2D eigenvalue weighted by Gasteiger charge is 2.43. The highest BCUT2D eigenvalue weighted by atomic mass is 32.1. The summed E-state index contributed by atoms with van der Waals surface area (Å²) in [6.07, 6.45) is 12.6. The van der Waals surface area contributed by atoms with Crippen molar-refractivity contribution in [2.75, 3.05) is 18.0 Å². The fraction of sp³-hybridized carbons (Fsp3) is 0.250. The fourth-order valence-electron chi connectivity index (χ4n) is 5.97. The van der Waals surface area contributed by atoms with Crippen molar-refractivity contribution >= 4 is 35.3 Å². The molecular formula is C44H42N4O2S. The first kappa shape index (κ1) is 36.5. The molecule has 2 heterocycles. The number of nitriles is 3. The number of hydrogen-bond donors (Lipinski definition) is 0. The Morgan fingerprint density at radius 2 is 1.43 bits per heavy atom. The molecule has 51 heavy (non-hydrogen) atoms. The largest absolute Gasteiger partial charge is 0.488 e. The Morgan fingerprint density at radius 1 is 0.804 bits per heavy atom. The van der Waals surface area contributed by atoms with Crippen LogP contribution in [-0.2, 0) is 16.9 Å². The predicted octanol–water partition coefficient (Wildman–Crippen LogP) is 11.0. The number of unbranched alkanes of at least 4 members (excludes halogenated alkanes) is 2. The molecule has 5 rings (SSSR count). The highest BCUT2D eigenvalue weighted by molar-refractivity contribution is 7.13. The summed E-state index contributed by atoms with van der Waals surface area (Å²) < 4.78 is 12.7. The van der Waals surface area contributed by atoms with Crippen molar-refractivity contribution in [1.82, 2.24) is 0 Å². The molecule has 0 N–H and O–H groups in total. The number of hydrogen-bond acceptors (Lipinski definition) is 7. The van der Waals surface area contributed by atoms with E-state index in [2.05, 4.69) is 73.4 Å². The van der Waals surface area contributed by atoms with Gasteiger partial charge in [0.15, 0.2) is 16.9 Å². The molecule has 0 radical (unpaired) electrons. The van der Waals surface area contributed by atoms with Crippen molar-refractivity contribution in [2.24, 2.45) is 0 Å². The zero-order chi connectivity index (χ0) is 36.1. The predicted molar refractivity (Wildman–Crippen MR) is 207 cm³/mol. The molecule has 0 spiro atoms. The van der Waals surface area contributed by atoms with E-state index in [-0.39, 0.29) is 16.9 Å². The first-order chi connectivity index (χ1) is 24.9. The van der Waals surface area contributed by atoms with Gasteiger partial charge in [-0.15, -0.1) is 11.3 Å². The second-order valence-electron chi connectivity index (χ2n) is 12.4. The molecular weight excluding hydrogens is 649 g/mol. The fourth-order valence-corrected chi connectivity index (χ4v) is 6.78. The lowest BCUT2D eigenvalue weighted by Crippen LogP contribution is -2.25. The minimum atomic E-state index is -1.05. The van der Waals surface area contributed by atoms with Crippen LogP contribution in [-0.4, -0.2) is 13.1 Å². The average Bonchev–Trinajstić information content (AvgIpc) is 3.75. The summed E-state index contributed by atoms with van der Waals surface area (Å²) in [4.78, 5) is 4.51. The molecule has 0 fully saturated rings. The molecule has 6 nitrogen and oxygen atoms in total. The van der Waals surface area contributed by atoms with Crippen molar-refractivity contribution in [2.45, 2.75) is 58.7 Å². The number of benzene rings is 3. The van der Waals surface area contributed by atoms with Gasteiger partial charge in [-0.05, 0) is 73.4 Å². The van der Waals surface area contributed by atoms with Gasteiger partial charge in [-0.25, -0.2) is 0 Å². The molecule has 4 aromatic rings. The van der Waals surface area contributed by atoms with Gasteiger partial charge in [0.05, 0.1) is 0 Å². The molecule has 0 saturated carbocycles. The Hall–Kier alpha value is -5.81. The number of thiophene rings is 1. The van der Waals surface area contributed by atoms with Gasteiger partial charge in [0.25, 0.3) is 0 Å². The molecule has 1 aliphatic heterocycles. The highest BCUT2D eigenvalue weighted by Crippen LogP contribution is 2.47. The molecule has 1 aliphatic rings. The van der Waals surface area contributed by atoms with E-state index in [4.69, 9.17) is 9.47 Å². The SMILES string of the molecule is CCCCN(CCCC)c1ccc(/C=C/c2ccc(/C=C/C3=C(C#N)C(=C(C#N)C#N)OC3(C)c3ccccc3)s2)c(OCc2ccccc2)c1. The summed E-state index contributed by atoms with van der Waals surface area (Å²) in [6, 6.07) is 36.3. The lowest BCUT2D eigenvalue weighted by Gasteiger charge is -2.27. The van der Waals surface area contributed by atoms with Crippen LogP contribution >= 0.6 is 11.3 Å². The third-order valence-electron chi connectivity index (χ3n) is 8.86. The van der Waals surface area contributed by atoms with E-state index in [0.29, 0.717) is 12.2 Å². The van der Waals surface area contributed by atoms with Crippen LogP contribution in [0, 0.1) is 34.0 Å². The van der Waals surface area contributed by atoms with Crippen LogP contribution in [0.5, 0.6) is 5.75 Å². The second-order valence-corrected chi connectivity index (χ2v) is 13.6. The zero-order valence-electron chi connectivity index (χ0n) is 29.4. The molecule has 1 aromatic heterocycles. The zero-order valence-corrected chi connectivity index (χ0v) is 30.2. The lowest BCUT2D eigenvalue weighted by molar-refractivity contribution is 0.0755. The maximum atomic E-state index is 10.2. The van der Waals surface area contributed by atoms with Gasteiger partial charge in [-0.3, -0.25) is 0 Å². The molecule has 1 atom stereocenters. The molecule has 256 valence electrons. The maximum absolute atomic E-state index is 10.2. The standard InChI is InChI=1S/C44H42N4O2S/c1-4-6-26-48(27-7-5-2)37-20-18-34(42(28-37)49-32-33-14-10-8-11-15-33)19-21-38-22-23-39(51-38)24-25-41-40(31-47)43(35(29-45)30-46)50-44(41,3)36-16-12-9-13-17-36/h8-25,28H,4-7,26-27,32H2,1-3H3/b21-19+,25-24+. The van der Waals surface area contributed by atoms with Crippen molar-refractivity contribution < 1.29 is 9.47 Å². The minimum absolute atomic E-state index is 0.0125. The summed E-state index contributed by atoms with van der Waals surface area (Å²) in [5.41, 5.74) is 3.60. The van der Waals surface area contributed by atoms with Gasteiger partial charge in [0.1, 0.15) is 36.1 Å². The molecule has 7 heteroatoms. The van der Waals surface area contributed by atoms with Crippen LogP contribution in [0.25, 0.3) is 18.2 Å². The van der Waals surface area contributed by atoms with E-state index in [1.165, 1.54) is 5.69 Å². The Kier molecular flexibility index (Phi) is 12.7. The van der Waals surface area contributed by atoms with E-state index < -0.39 is 5.60 Å². The molecule has 0 saturated heterocycles. The lowest BCUT2D eigenvalue weighted by atomic mass is 9.86. The average molecular weight is 691 g/mol. The summed E-state index contributed by atoms with van der Waals surface area (Å²) in [5, 5.41) is 29.3. The minimum Gasteiger partial charge on any atom is -0.488 e. The summed E-state index contributed by atoms with van der Waals surface area (Å²) in [5.74, 6) is 0.858. The van der Waals surface area contributed by atoms with Gasteiger partial charge < -0.3 is 14.4 Å². The van der Waals surface area contributed by atoms with Crippen molar-refractivity contribution in [3.05, 3.63) is 146 Å². The number of anilines is 1. The van der Waals surface area contributed by atoms with E-state index in [9.17, 15) is 15.8 Å². The smallest absolute Gasteiger partial charge is 0.172 e. The maximum Gasteiger partial charge on any atom is 0.172 e. The number of ether oxygens (including phenoxy) is 2. The van der Waals surface area contributed by atoms with Crippen LogP contribution in [0.15, 0.2) is 120 Å². The van der Waals surface area contributed by atoms with Crippen molar-refractivity contribution in [1.29, 1.82) is 15.8 Å². The third kappa shape index (κ3) is 8.87. The van der Waals surface area contributed by atoms with Gasteiger partial charge in [-0.2, -0.15) is 15.8 Å². The second kappa shape index (κ2) is 17.7. The van der Waals surface area contributed by atoms with Crippen LogP contribution in [0.3, 0.4) is 0 Å². The van der Waals surface area contributed by atoms with Crippen molar-refractivity contribution in [3.8, 4) is 24.0 Å². The molecule has 0 amide bonds. The van der Waals surface area contributed by atoms with E-state index >= 15 is 0 Å². The molecule has 0 aliphatic carbocycles. The van der Waals surface area contributed by atoms with Crippen LogP contribution in [0.4, 0.5) is 5.69 Å². The van der Waals surface area contributed by atoms with E-state index in [1.807, 2.05) is 85.8 Å². The van der Waals surface area contributed by atoms with Gasteiger partial charge in [-0.1, -0.05) is 93.4 Å². The van der Waals surface area contributed by atoms with Gasteiger partial charge in [0, 0.05) is 45.7 Å². The summed E-state index contributed by atoms with van der Waals surface area (Å²) in [7, 11) is 0. The number of allylic oxidation sites excluding steroid dienone is 2. The first-order valence-electron chi connectivity index (χ1n) is 17.4. The first-order valence-corrected chi connectivity index (χ1v) is 18.2. The summed E-state index contributed by atoms with van der Waals surface area (Å²) >= 11 is 1.61. The number of nitrogens with zero attached hydrogens (tertiary/aromatic N) is 4. The Bertz CT molecular complexity index is 2030. The van der Waals surface area contributed by atoms with E-state index in [0.717, 1.165) is 71.0 Å². The monoisotopic (exact) mass is 690 g/mol. The quantitative estimate of drug-likeness (QED) is 0.115. The van der Waals surface area contributed by atoms with Crippen LogP contribution in [0.1, 0.15) is 72.9 Å². The Balaban J connectivity index is 1.43. The molecule has 0 bridgehead atoms. The molecule has 3 aromatic carbocycles. The normalized spacial score (nSPS) is 15.4. The summed E-state index contributed by atoms with van der Waals surface area (Å²) in [6.45, 7) is 8.84. The Morgan fingerprint density at radius 3 is 2.04 bits per heavy atom. The van der Waals surface area contributed by atoms with Gasteiger partial charge >= 0.3 is 0 Å². The van der Waals surface area contributed by atoms with Crippen molar-refractivity contribution in [3.63, 3.8) is 0 Å². The van der Waals surface area contributed by atoms with Gasteiger partial charge in [0.2, 0.25) is 0 Å². The topological polar surface area (TPSA) is 93.1 Å². The van der Waals surface area contributed by atoms with Crippen LogP contribution < -0.4 is 9.64 Å². The van der Waals surface area contributed by atoms with E-state index in [1.54, 1.807) is 11.3 Å². The van der Waals surface area contributed by atoms with Crippen LogP contribution in [0.2, 0.25) is 0 Å². The Labute approximate surface area is 306 Å². The third-order valence-corrected chi connectivity index (χ3v) is 9.87.